The Bertz CT molecular complexity index is 1020. The minimum Gasteiger partial charge on any atom is -0.318 e. The van der Waals surface area contributed by atoms with E-state index in [2.05, 4.69) is 60.7 Å². The van der Waals surface area contributed by atoms with Crippen LogP contribution in [-0.2, 0) is 6.54 Å². The van der Waals surface area contributed by atoms with Crippen molar-refractivity contribution in [1.29, 1.82) is 0 Å². The highest BCUT2D eigenvalue weighted by Gasteiger charge is 2.15. The molecule has 0 amide bonds. The number of para-hydroxylation sites is 2. The van der Waals surface area contributed by atoms with Gasteiger partial charge < -0.3 is 4.57 Å². The fraction of sp³-hybridized carbons (Fsp3) is 0.182. The van der Waals surface area contributed by atoms with Crippen LogP contribution in [0, 0.1) is 20.8 Å². The van der Waals surface area contributed by atoms with E-state index < -0.39 is 0 Å². The summed E-state index contributed by atoms with van der Waals surface area (Å²) >= 11 is 0. The first-order valence-electron chi connectivity index (χ1n) is 8.57. The van der Waals surface area contributed by atoms with Gasteiger partial charge in [-0.1, -0.05) is 35.9 Å². The largest absolute Gasteiger partial charge is 0.318 e. The first-order chi connectivity index (χ1) is 12.1. The fourth-order valence-electron chi connectivity index (χ4n) is 3.54. The third kappa shape index (κ3) is 2.82. The topological polar surface area (TPSA) is 30.7 Å². The highest BCUT2D eigenvalue weighted by molar-refractivity contribution is 5.80. The van der Waals surface area contributed by atoms with E-state index in [1.807, 2.05) is 30.5 Å². The predicted octanol–water partition coefficient (Wildman–Crippen LogP) is 5.07. The number of hydrogen-bond acceptors (Lipinski definition) is 2. The zero-order valence-electron chi connectivity index (χ0n) is 14.8. The summed E-state index contributed by atoms with van der Waals surface area (Å²) in [4.78, 5) is 9.38. The predicted molar refractivity (Wildman–Crippen MR) is 103 cm³/mol. The van der Waals surface area contributed by atoms with Crippen LogP contribution < -0.4 is 0 Å². The van der Waals surface area contributed by atoms with Gasteiger partial charge in [0.05, 0.1) is 17.6 Å². The molecule has 25 heavy (non-hydrogen) atoms. The molecule has 4 rings (SSSR count). The minimum atomic E-state index is 0.796. The number of rotatable bonds is 3. The van der Waals surface area contributed by atoms with Crippen LogP contribution in [0.25, 0.3) is 22.6 Å². The summed E-state index contributed by atoms with van der Waals surface area (Å²) in [6.07, 6.45) is 1.82. The van der Waals surface area contributed by atoms with E-state index in [9.17, 15) is 0 Å². The van der Waals surface area contributed by atoms with E-state index in [0.29, 0.717) is 0 Å². The normalized spacial score (nSPS) is 11.2. The van der Waals surface area contributed by atoms with E-state index in [0.717, 1.165) is 29.1 Å². The van der Waals surface area contributed by atoms with Crippen molar-refractivity contribution in [2.75, 3.05) is 0 Å². The van der Waals surface area contributed by atoms with E-state index in [4.69, 9.17) is 4.98 Å². The van der Waals surface area contributed by atoms with E-state index in [1.54, 1.807) is 0 Å². The first kappa shape index (κ1) is 15.6. The number of aryl methyl sites for hydroxylation is 3. The van der Waals surface area contributed by atoms with Crippen molar-refractivity contribution in [3.63, 3.8) is 0 Å². The van der Waals surface area contributed by atoms with Crippen molar-refractivity contribution >= 4 is 11.0 Å². The number of hydrogen-bond donors (Lipinski definition) is 0. The van der Waals surface area contributed by atoms with Gasteiger partial charge in [0.25, 0.3) is 0 Å². The van der Waals surface area contributed by atoms with Gasteiger partial charge in [0, 0.05) is 6.20 Å². The molecule has 3 heteroatoms. The summed E-state index contributed by atoms with van der Waals surface area (Å²) in [6.45, 7) is 7.32. The number of fused-ring (bicyclic) bond motifs is 1. The van der Waals surface area contributed by atoms with Gasteiger partial charge >= 0.3 is 0 Å². The lowest BCUT2D eigenvalue weighted by atomic mass is 9.99. The molecule has 0 aliphatic heterocycles. The van der Waals surface area contributed by atoms with Crippen molar-refractivity contribution in [2.24, 2.45) is 0 Å². The number of aromatic nitrogens is 3. The van der Waals surface area contributed by atoms with Crippen LogP contribution in [-0.4, -0.2) is 14.5 Å². The Morgan fingerprint density at radius 2 is 1.60 bits per heavy atom. The fourth-order valence-corrected chi connectivity index (χ4v) is 3.54. The van der Waals surface area contributed by atoms with Crippen molar-refractivity contribution in [2.45, 2.75) is 27.3 Å². The zero-order valence-corrected chi connectivity index (χ0v) is 14.8. The van der Waals surface area contributed by atoms with Gasteiger partial charge in [0.1, 0.15) is 5.69 Å². The Labute approximate surface area is 148 Å². The summed E-state index contributed by atoms with van der Waals surface area (Å²) in [7, 11) is 0. The lowest BCUT2D eigenvalue weighted by molar-refractivity contribution is 0.817. The maximum Gasteiger partial charge on any atom is 0.160 e. The standard InChI is InChI=1S/C22H21N3/c1-15-12-16(2)18(17(3)13-15)14-25-21-10-5-4-8-19(21)24-22(25)20-9-6-7-11-23-20/h4-13H,14H2,1-3H3. The van der Waals surface area contributed by atoms with Gasteiger partial charge in [-0.05, 0) is 61.7 Å². The van der Waals surface area contributed by atoms with Gasteiger partial charge in [-0.15, -0.1) is 0 Å². The quantitative estimate of drug-likeness (QED) is 0.526. The maximum absolute atomic E-state index is 4.86. The van der Waals surface area contributed by atoms with Crippen LogP contribution in [0.2, 0.25) is 0 Å². The molecule has 0 saturated heterocycles. The molecular weight excluding hydrogens is 306 g/mol. The molecule has 2 heterocycles. The molecule has 0 fully saturated rings. The third-order valence-electron chi connectivity index (χ3n) is 4.71. The molecule has 4 aromatic rings. The number of pyridine rings is 1. The van der Waals surface area contributed by atoms with E-state index >= 15 is 0 Å². The van der Waals surface area contributed by atoms with Gasteiger partial charge in [-0.2, -0.15) is 0 Å². The Kier molecular flexibility index (Phi) is 3.85. The van der Waals surface area contributed by atoms with Crippen LogP contribution in [0.4, 0.5) is 0 Å². The van der Waals surface area contributed by atoms with Gasteiger partial charge in [0.15, 0.2) is 5.82 Å². The first-order valence-corrected chi connectivity index (χ1v) is 8.57. The zero-order chi connectivity index (χ0) is 17.4. The number of nitrogens with zero attached hydrogens (tertiary/aromatic N) is 3. The molecule has 0 radical (unpaired) electrons. The van der Waals surface area contributed by atoms with Crippen LogP contribution >= 0.6 is 0 Å². The van der Waals surface area contributed by atoms with Crippen LogP contribution in [0.15, 0.2) is 60.8 Å². The third-order valence-corrected chi connectivity index (χ3v) is 4.71. The number of imidazole rings is 1. The Morgan fingerprint density at radius 3 is 2.32 bits per heavy atom. The van der Waals surface area contributed by atoms with Crippen molar-refractivity contribution in [1.82, 2.24) is 14.5 Å². The Morgan fingerprint density at radius 1 is 0.880 bits per heavy atom. The van der Waals surface area contributed by atoms with Gasteiger partial charge in [-0.3, -0.25) is 4.98 Å². The summed E-state index contributed by atoms with van der Waals surface area (Å²) < 4.78 is 2.28. The molecule has 0 aliphatic carbocycles. The smallest absolute Gasteiger partial charge is 0.160 e. The maximum atomic E-state index is 4.86. The second-order valence-corrected chi connectivity index (χ2v) is 6.60. The molecular formula is C22H21N3. The summed E-state index contributed by atoms with van der Waals surface area (Å²) in [5.74, 6) is 0.918. The molecule has 0 saturated carbocycles. The van der Waals surface area contributed by atoms with E-state index in [-0.39, 0.29) is 0 Å². The monoisotopic (exact) mass is 327 g/mol. The van der Waals surface area contributed by atoms with Crippen LogP contribution in [0.3, 0.4) is 0 Å². The molecule has 3 nitrogen and oxygen atoms in total. The van der Waals surface area contributed by atoms with Crippen molar-refractivity contribution in [3.8, 4) is 11.5 Å². The Balaban J connectivity index is 1.92. The minimum absolute atomic E-state index is 0.796. The summed E-state index contributed by atoms with van der Waals surface area (Å²) in [5.41, 5.74) is 8.35. The van der Waals surface area contributed by atoms with Crippen molar-refractivity contribution < 1.29 is 0 Å². The van der Waals surface area contributed by atoms with Gasteiger partial charge in [0.2, 0.25) is 0 Å². The van der Waals surface area contributed by atoms with Gasteiger partial charge in [-0.25, -0.2) is 4.98 Å². The molecule has 2 aromatic heterocycles. The van der Waals surface area contributed by atoms with E-state index in [1.165, 1.54) is 22.3 Å². The molecule has 0 N–H and O–H groups in total. The lowest BCUT2D eigenvalue weighted by Gasteiger charge is -2.15. The summed E-state index contributed by atoms with van der Waals surface area (Å²) in [6, 6.07) is 18.8. The Hall–Kier alpha value is -2.94. The molecule has 2 aromatic carbocycles. The molecule has 0 aliphatic rings. The van der Waals surface area contributed by atoms with Crippen LogP contribution in [0.5, 0.6) is 0 Å². The highest BCUT2D eigenvalue weighted by Crippen LogP contribution is 2.26. The average Bonchev–Trinajstić information content (AvgIpc) is 2.97. The molecule has 0 bridgehead atoms. The van der Waals surface area contributed by atoms with Crippen molar-refractivity contribution in [3.05, 3.63) is 83.0 Å². The second kappa shape index (κ2) is 6.17. The second-order valence-electron chi connectivity index (χ2n) is 6.60. The SMILES string of the molecule is Cc1cc(C)c(Cn2c(-c3ccccn3)nc3ccccc32)c(C)c1. The average molecular weight is 327 g/mol. The highest BCUT2D eigenvalue weighted by atomic mass is 15.1. The molecule has 0 atom stereocenters. The molecule has 0 spiro atoms. The lowest BCUT2D eigenvalue weighted by Crippen LogP contribution is -2.06. The molecule has 0 unspecified atom stereocenters. The molecule has 124 valence electrons. The summed E-state index contributed by atoms with van der Waals surface area (Å²) in [5, 5.41) is 0. The number of benzene rings is 2. The van der Waals surface area contributed by atoms with Crippen LogP contribution in [0.1, 0.15) is 22.3 Å².